The maximum absolute atomic E-state index is 12.8. The van der Waals surface area contributed by atoms with E-state index >= 15 is 0 Å². The zero-order chi connectivity index (χ0) is 23.2. The molecule has 31 heavy (non-hydrogen) atoms. The zero-order valence-corrected chi connectivity index (χ0v) is 20.1. The highest BCUT2D eigenvalue weighted by Gasteiger charge is 2.24. The molecule has 1 saturated heterocycles. The third kappa shape index (κ3) is 7.70. The minimum atomic E-state index is -0.230. The van der Waals surface area contributed by atoms with Crippen molar-refractivity contribution in [3.05, 3.63) is 23.3 Å². The van der Waals surface area contributed by atoms with Gasteiger partial charge in [0, 0.05) is 38.3 Å². The van der Waals surface area contributed by atoms with Gasteiger partial charge < -0.3 is 19.7 Å². The molecular formula is C23H38N4O4. The first-order chi connectivity index (χ1) is 14.5. The molecule has 0 spiro atoms. The quantitative estimate of drug-likeness (QED) is 0.669. The van der Waals surface area contributed by atoms with E-state index in [2.05, 4.69) is 10.2 Å². The fourth-order valence-electron chi connectivity index (χ4n) is 3.69. The van der Waals surface area contributed by atoms with Crippen LogP contribution in [0.5, 0.6) is 11.5 Å². The molecule has 174 valence electrons. The molecule has 1 aromatic rings. The summed E-state index contributed by atoms with van der Waals surface area (Å²) in [5, 5.41) is 2.98. The molecule has 0 radical (unpaired) electrons. The average Bonchev–Trinajstić information content (AvgIpc) is 2.68. The van der Waals surface area contributed by atoms with E-state index < -0.39 is 0 Å². The van der Waals surface area contributed by atoms with E-state index in [1.165, 1.54) is 0 Å². The van der Waals surface area contributed by atoms with Gasteiger partial charge >= 0.3 is 0 Å². The Balaban J connectivity index is 1.83. The van der Waals surface area contributed by atoms with E-state index in [1.54, 1.807) is 14.2 Å². The molecule has 1 fully saturated rings. The Kier molecular flexibility index (Phi) is 8.70. The minimum absolute atomic E-state index is 0.0253. The van der Waals surface area contributed by atoms with Gasteiger partial charge in [-0.05, 0) is 58.0 Å². The molecule has 1 aromatic carbocycles. The second-order valence-electron chi connectivity index (χ2n) is 9.26. The summed E-state index contributed by atoms with van der Waals surface area (Å²) >= 11 is 0. The molecule has 0 aromatic heterocycles. The zero-order valence-electron chi connectivity index (χ0n) is 20.1. The second kappa shape index (κ2) is 10.8. The first-order valence-electron chi connectivity index (χ1n) is 10.7. The first-order valence-corrected chi connectivity index (χ1v) is 10.7. The van der Waals surface area contributed by atoms with Gasteiger partial charge in [0.15, 0.2) is 11.5 Å². The van der Waals surface area contributed by atoms with Gasteiger partial charge in [-0.25, -0.2) is 0 Å². The molecule has 0 unspecified atom stereocenters. The molecule has 1 aliphatic heterocycles. The number of nitrogens with zero attached hydrogens (tertiary/aromatic N) is 3. The summed E-state index contributed by atoms with van der Waals surface area (Å²) in [6.07, 6.45) is 0. The standard InChI is InChI=1S/C23H38N4O4/c1-17-12-19(30-6)20(31-7)13-18(17)14-25(5)16-22(29)27-10-8-26(9-11-27)15-21(28)24-23(2,3)4/h12-13H,8-11,14-16H2,1-7H3,(H,24,28). The lowest BCUT2D eigenvalue weighted by molar-refractivity contribution is -0.134. The number of carbonyl (C=O) groups excluding carboxylic acids is 2. The fourth-order valence-corrected chi connectivity index (χ4v) is 3.69. The van der Waals surface area contributed by atoms with E-state index in [9.17, 15) is 9.59 Å². The summed E-state index contributed by atoms with van der Waals surface area (Å²) in [5.74, 6) is 1.53. The Hall–Kier alpha value is -2.32. The van der Waals surface area contributed by atoms with Gasteiger partial charge in [0.2, 0.25) is 11.8 Å². The van der Waals surface area contributed by atoms with Gasteiger partial charge in [-0.1, -0.05) is 0 Å². The molecule has 8 heteroatoms. The van der Waals surface area contributed by atoms with Gasteiger partial charge in [0.1, 0.15) is 0 Å². The smallest absolute Gasteiger partial charge is 0.236 e. The first kappa shape index (κ1) is 24.9. The Bertz CT molecular complexity index is 768. The lowest BCUT2D eigenvalue weighted by Crippen LogP contribution is -2.54. The monoisotopic (exact) mass is 434 g/mol. The van der Waals surface area contributed by atoms with Crippen LogP contribution in [0.1, 0.15) is 31.9 Å². The summed E-state index contributed by atoms with van der Waals surface area (Å²) in [7, 11) is 5.19. The minimum Gasteiger partial charge on any atom is -0.493 e. The number of carbonyl (C=O) groups is 2. The number of piperazine rings is 1. The van der Waals surface area contributed by atoms with Crippen molar-refractivity contribution in [1.29, 1.82) is 0 Å². The van der Waals surface area contributed by atoms with E-state index in [1.807, 2.05) is 56.7 Å². The lowest BCUT2D eigenvalue weighted by atomic mass is 10.1. The molecule has 0 bridgehead atoms. The molecule has 0 atom stereocenters. The van der Waals surface area contributed by atoms with Crippen LogP contribution in [0.15, 0.2) is 12.1 Å². The second-order valence-corrected chi connectivity index (χ2v) is 9.26. The predicted molar refractivity (Wildman–Crippen MR) is 122 cm³/mol. The Morgan fingerprint density at radius 2 is 1.65 bits per heavy atom. The van der Waals surface area contributed by atoms with Crippen LogP contribution in [0.4, 0.5) is 0 Å². The molecule has 8 nitrogen and oxygen atoms in total. The van der Waals surface area contributed by atoms with Crippen LogP contribution < -0.4 is 14.8 Å². The van der Waals surface area contributed by atoms with Crippen molar-refractivity contribution in [3.63, 3.8) is 0 Å². The Labute approximate surface area is 186 Å². The Morgan fingerprint density at radius 1 is 1.06 bits per heavy atom. The van der Waals surface area contributed by atoms with Crippen LogP contribution >= 0.6 is 0 Å². The van der Waals surface area contributed by atoms with Crippen molar-refractivity contribution >= 4 is 11.8 Å². The molecular weight excluding hydrogens is 396 g/mol. The summed E-state index contributed by atoms with van der Waals surface area (Å²) in [4.78, 5) is 30.9. The van der Waals surface area contributed by atoms with Crippen LogP contribution in [-0.4, -0.2) is 92.6 Å². The van der Waals surface area contributed by atoms with Crippen LogP contribution in [-0.2, 0) is 16.1 Å². The van der Waals surface area contributed by atoms with Gasteiger partial charge in [-0.3, -0.25) is 19.4 Å². The fraction of sp³-hybridized carbons (Fsp3) is 0.652. The largest absolute Gasteiger partial charge is 0.493 e. The number of benzene rings is 1. The van der Waals surface area contributed by atoms with Crippen molar-refractivity contribution in [1.82, 2.24) is 20.0 Å². The predicted octanol–water partition coefficient (Wildman–Crippen LogP) is 1.50. The maximum atomic E-state index is 12.8. The van der Waals surface area contributed by atoms with Crippen molar-refractivity contribution < 1.29 is 19.1 Å². The van der Waals surface area contributed by atoms with Crippen molar-refractivity contribution in [2.45, 2.75) is 39.8 Å². The van der Waals surface area contributed by atoms with E-state index in [-0.39, 0.29) is 17.4 Å². The van der Waals surface area contributed by atoms with Crippen LogP contribution in [0.25, 0.3) is 0 Å². The van der Waals surface area contributed by atoms with E-state index in [0.717, 1.165) is 11.1 Å². The van der Waals surface area contributed by atoms with Gasteiger partial charge in [-0.15, -0.1) is 0 Å². The van der Waals surface area contributed by atoms with Crippen LogP contribution in [0.2, 0.25) is 0 Å². The molecule has 1 heterocycles. The number of aryl methyl sites for hydroxylation is 1. The highest BCUT2D eigenvalue weighted by atomic mass is 16.5. The Morgan fingerprint density at radius 3 is 2.19 bits per heavy atom. The number of hydrogen-bond acceptors (Lipinski definition) is 6. The van der Waals surface area contributed by atoms with Crippen molar-refractivity contribution in [3.8, 4) is 11.5 Å². The third-order valence-corrected chi connectivity index (χ3v) is 5.29. The van der Waals surface area contributed by atoms with Gasteiger partial charge in [0.05, 0.1) is 27.3 Å². The van der Waals surface area contributed by atoms with Crippen molar-refractivity contribution in [2.24, 2.45) is 0 Å². The highest BCUT2D eigenvalue weighted by molar-refractivity contribution is 5.79. The summed E-state index contributed by atoms with van der Waals surface area (Å²) in [6.45, 7) is 12.0. The van der Waals surface area contributed by atoms with Gasteiger partial charge in [0.25, 0.3) is 0 Å². The molecule has 0 aliphatic carbocycles. The number of hydrogen-bond donors (Lipinski definition) is 1. The summed E-state index contributed by atoms with van der Waals surface area (Å²) in [6, 6.07) is 3.93. The molecule has 0 saturated carbocycles. The molecule has 2 amide bonds. The third-order valence-electron chi connectivity index (χ3n) is 5.29. The lowest BCUT2D eigenvalue weighted by Gasteiger charge is -2.35. The average molecular weight is 435 g/mol. The van der Waals surface area contributed by atoms with E-state index in [4.69, 9.17) is 9.47 Å². The van der Waals surface area contributed by atoms with Gasteiger partial charge in [-0.2, -0.15) is 0 Å². The number of likely N-dealkylation sites (N-methyl/N-ethyl adjacent to an activating group) is 1. The number of rotatable bonds is 8. The number of methoxy groups -OCH3 is 2. The number of ether oxygens (including phenoxy) is 2. The number of nitrogens with one attached hydrogen (secondary N) is 1. The van der Waals surface area contributed by atoms with Crippen molar-refractivity contribution in [2.75, 3.05) is 60.5 Å². The maximum Gasteiger partial charge on any atom is 0.236 e. The summed E-state index contributed by atoms with van der Waals surface area (Å²) in [5.41, 5.74) is 1.97. The molecule has 1 aliphatic rings. The topological polar surface area (TPSA) is 74.4 Å². The number of amides is 2. The SMILES string of the molecule is COc1cc(C)c(CN(C)CC(=O)N2CCN(CC(=O)NC(C)(C)C)CC2)cc1OC. The van der Waals surface area contributed by atoms with Crippen LogP contribution in [0, 0.1) is 6.92 Å². The van der Waals surface area contributed by atoms with E-state index in [0.29, 0.717) is 57.3 Å². The highest BCUT2D eigenvalue weighted by Crippen LogP contribution is 2.30. The van der Waals surface area contributed by atoms with Crippen LogP contribution in [0.3, 0.4) is 0 Å². The molecule has 1 N–H and O–H groups in total. The molecule has 2 rings (SSSR count). The summed E-state index contributed by atoms with van der Waals surface area (Å²) < 4.78 is 10.8. The normalized spacial score (nSPS) is 15.2.